The van der Waals surface area contributed by atoms with Crippen molar-refractivity contribution in [3.63, 3.8) is 0 Å². The molecule has 2 aromatic rings. The fourth-order valence-electron chi connectivity index (χ4n) is 3.05. The van der Waals surface area contributed by atoms with Crippen LogP contribution < -0.4 is 4.90 Å². The van der Waals surface area contributed by atoms with Crippen molar-refractivity contribution in [3.8, 4) is 0 Å². The van der Waals surface area contributed by atoms with Crippen LogP contribution in [0.5, 0.6) is 0 Å². The van der Waals surface area contributed by atoms with E-state index in [1.807, 2.05) is 12.1 Å². The number of hydrogen-bond donors (Lipinski definition) is 0. The Balaban J connectivity index is 1.54. The summed E-state index contributed by atoms with van der Waals surface area (Å²) in [5.74, 6) is 0.123. The largest absolute Gasteiger partial charge is 0.364 e. The standard InChI is InChI=1S/C22H27NO2S/c1-18(2)26(24,25)17-21-9-7-19(8-10-21)5-6-20-11-13-22(14-12-20)23-15-3-4-16-23/h3-4,7-14,18H,5-6,15-17H2,1-2H3. The number of benzene rings is 2. The van der Waals surface area contributed by atoms with Gasteiger partial charge in [0.25, 0.3) is 0 Å². The number of sulfone groups is 1. The van der Waals surface area contributed by atoms with Gasteiger partial charge in [0.1, 0.15) is 0 Å². The van der Waals surface area contributed by atoms with Crippen LogP contribution in [0.15, 0.2) is 60.7 Å². The van der Waals surface area contributed by atoms with E-state index in [-0.39, 0.29) is 11.0 Å². The Morgan fingerprint density at radius 1 is 0.808 bits per heavy atom. The van der Waals surface area contributed by atoms with Gasteiger partial charge in [-0.1, -0.05) is 48.6 Å². The Morgan fingerprint density at radius 2 is 1.27 bits per heavy atom. The summed E-state index contributed by atoms with van der Waals surface area (Å²) in [7, 11) is -3.04. The molecule has 0 saturated heterocycles. The van der Waals surface area contributed by atoms with Gasteiger partial charge in [0, 0.05) is 18.8 Å². The molecule has 0 fully saturated rings. The number of rotatable bonds is 7. The maximum Gasteiger partial charge on any atom is 0.156 e. The molecule has 0 spiro atoms. The Bertz CT molecular complexity index is 842. The third-order valence-corrected chi connectivity index (χ3v) is 7.10. The maximum atomic E-state index is 12.0. The molecule has 0 N–H and O–H groups in total. The number of hydrogen-bond acceptors (Lipinski definition) is 3. The Kier molecular flexibility index (Phi) is 5.82. The number of anilines is 1. The molecule has 3 nitrogen and oxygen atoms in total. The van der Waals surface area contributed by atoms with Gasteiger partial charge < -0.3 is 4.90 Å². The summed E-state index contributed by atoms with van der Waals surface area (Å²) in [6, 6.07) is 16.8. The maximum absolute atomic E-state index is 12.0. The minimum absolute atomic E-state index is 0.123. The molecule has 4 heteroatoms. The fourth-order valence-corrected chi connectivity index (χ4v) is 4.04. The second kappa shape index (κ2) is 8.09. The quantitative estimate of drug-likeness (QED) is 0.688. The lowest BCUT2D eigenvalue weighted by molar-refractivity contribution is 0.586. The average molecular weight is 370 g/mol. The summed E-state index contributed by atoms with van der Waals surface area (Å²) in [5, 5.41) is -0.332. The highest BCUT2D eigenvalue weighted by molar-refractivity contribution is 7.91. The topological polar surface area (TPSA) is 37.4 Å². The van der Waals surface area contributed by atoms with Crippen molar-refractivity contribution in [2.45, 2.75) is 37.7 Å². The third kappa shape index (κ3) is 4.76. The van der Waals surface area contributed by atoms with Crippen LogP contribution in [0.3, 0.4) is 0 Å². The molecule has 0 radical (unpaired) electrons. The zero-order valence-corrected chi connectivity index (χ0v) is 16.4. The van der Waals surface area contributed by atoms with Crippen molar-refractivity contribution in [1.29, 1.82) is 0 Å². The third-order valence-electron chi connectivity index (χ3n) is 4.93. The zero-order valence-electron chi connectivity index (χ0n) is 15.6. The van der Waals surface area contributed by atoms with E-state index in [4.69, 9.17) is 0 Å². The van der Waals surface area contributed by atoms with Crippen LogP contribution >= 0.6 is 0 Å². The molecular formula is C22H27NO2S. The van der Waals surface area contributed by atoms with E-state index in [1.54, 1.807) is 13.8 Å². The summed E-state index contributed by atoms with van der Waals surface area (Å²) in [6.45, 7) is 5.46. The van der Waals surface area contributed by atoms with Gasteiger partial charge in [-0.3, -0.25) is 0 Å². The van der Waals surface area contributed by atoms with Crippen LogP contribution in [0.1, 0.15) is 30.5 Å². The summed E-state index contributed by atoms with van der Waals surface area (Å²) >= 11 is 0. The van der Waals surface area contributed by atoms with Gasteiger partial charge in [0.15, 0.2) is 9.84 Å². The van der Waals surface area contributed by atoms with Crippen LogP contribution in [0.25, 0.3) is 0 Å². The van der Waals surface area contributed by atoms with Crippen LogP contribution in [-0.2, 0) is 28.4 Å². The highest BCUT2D eigenvalue weighted by atomic mass is 32.2. The van der Waals surface area contributed by atoms with Crippen LogP contribution in [0.4, 0.5) is 5.69 Å². The van der Waals surface area contributed by atoms with E-state index in [9.17, 15) is 8.42 Å². The normalized spacial score (nSPS) is 14.3. The second-order valence-corrected chi connectivity index (χ2v) is 9.77. The average Bonchev–Trinajstić information content (AvgIpc) is 3.16. The molecule has 0 aromatic heterocycles. The monoisotopic (exact) mass is 369 g/mol. The Morgan fingerprint density at radius 3 is 1.77 bits per heavy atom. The molecule has 0 amide bonds. The van der Waals surface area contributed by atoms with E-state index >= 15 is 0 Å². The second-order valence-electron chi connectivity index (χ2n) is 7.22. The molecule has 3 rings (SSSR count). The van der Waals surface area contributed by atoms with E-state index in [0.29, 0.717) is 0 Å². The first-order chi connectivity index (χ1) is 12.4. The van der Waals surface area contributed by atoms with Crippen molar-refractivity contribution < 1.29 is 8.42 Å². The number of aryl methyl sites for hydroxylation is 2. The Hall–Kier alpha value is -2.07. The van der Waals surface area contributed by atoms with E-state index < -0.39 is 9.84 Å². The molecule has 0 unspecified atom stereocenters. The van der Waals surface area contributed by atoms with Crippen molar-refractivity contribution in [3.05, 3.63) is 77.4 Å². The molecule has 1 aliphatic heterocycles. The molecule has 138 valence electrons. The first-order valence-electron chi connectivity index (χ1n) is 9.22. The van der Waals surface area contributed by atoms with Gasteiger partial charge in [-0.25, -0.2) is 8.42 Å². The molecular weight excluding hydrogens is 342 g/mol. The first-order valence-corrected chi connectivity index (χ1v) is 10.9. The van der Waals surface area contributed by atoms with Crippen LogP contribution in [0.2, 0.25) is 0 Å². The van der Waals surface area contributed by atoms with Gasteiger partial charge >= 0.3 is 0 Å². The summed E-state index contributed by atoms with van der Waals surface area (Å²) < 4.78 is 24.0. The SMILES string of the molecule is CC(C)S(=O)(=O)Cc1ccc(CCc2ccc(N3CC=CC3)cc2)cc1. The fraction of sp³-hybridized carbons (Fsp3) is 0.364. The smallest absolute Gasteiger partial charge is 0.156 e. The molecule has 0 bridgehead atoms. The summed E-state index contributed by atoms with van der Waals surface area (Å²) in [4.78, 5) is 2.34. The molecule has 0 aliphatic carbocycles. The van der Waals surface area contributed by atoms with Gasteiger partial charge in [0.2, 0.25) is 0 Å². The highest BCUT2D eigenvalue weighted by Crippen LogP contribution is 2.19. The van der Waals surface area contributed by atoms with E-state index in [1.165, 1.54) is 16.8 Å². The number of nitrogens with zero attached hydrogens (tertiary/aromatic N) is 1. The lowest BCUT2D eigenvalue weighted by atomic mass is 10.0. The molecule has 0 saturated carbocycles. The molecule has 26 heavy (non-hydrogen) atoms. The van der Waals surface area contributed by atoms with Gasteiger partial charge in [-0.15, -0.1) is 0 Å². The molecule has 0 atom stereocenters. The lowest BCUT2D eigenvalue weighted by Crippen LogP contribution is -2.18. The van der Waals surface area contributed by atoms with Crippen molar-refractivity contribution in [1.82, 2.24) is 0 Å². The molecule has 1 heterocycles. The summed E-state index contributed by atoms with van der Waals surface area (Å²) in [5.41, 5.74) is 4.70. The molecule has 2 aromatic carbocycles. The van der Waals surface area contributed by atoms with Crippen LogP contribution in [0, 0.1) is 0 Å². The van der Waals surface area contributed by atoms with Gasteiger partial charge in [-0.05, 0) is 55.5 Å². The first kappa shape index (κ1) is 18.7. The van der Waals surface area contributed by atoms with Gasteiger partial charge in [0.05, 0.1) is 11.0 Å². The van der Waals surface area contributed by atoms with E-state index in [0.717, 1.165) is 31.5 Å². The minimum Gasteiger partial charge on any atom is -0.364 e. The minimum atomic E-state index is -3.04. The van der Waals surface area contributed by atoms with Crippen molar-refractivity contribution in [2.24, 2.45) is 0 Å². The van der Waals surface area contributed by atoms with Gasteiger partial charge in [-0.2, -0.15) is 0 Å². The predicted octanol–water partition coefficient (Wildman–Crippen LogP) is 4.17. The van der Waals surface area contributed by atoms with E-state index in [2.05, 4.69) is 53.5 Å². The Labute approximate surface area is 157 Å². The van der Waals surface area contributed by atoms with Crippen molar-refractivity contribution in [2.75, 3.05) is 18.0 Å². The predicted molar refractivity (Wildman–Crippen MR) is 109 cm³/mol. The van der Waals surface area contributed by atoms with Crippen molar-refractivity contribution >= 4 is 15.5 Å². The lowest BCUT2D eigenvalue weighted by Gasteiger charge is -2.17. The molecule has 1 aliphatic rings. The van der Waals surface area contributed by atoms with Crippen LogP contribution in [-0.4, -0.2) is 26.8 Å². The summed E-state index contributed by atoms with van der Waals surface area (Å²) in [6.07, 6.45) is 6.35. The zero-order chi connectivity index (χ0) is 18.6. The highest BCUT2D eigenvalue weighted by Gasteiger charge is 2.16.